The van der Waals surface area contributed by atoms with E-state index in [1.54, 1.807) is 17.0 Å². The Morgan fingerprint density at radius 1 is 1.16 bits per heavy atom. The number of pyridine rings is 2. The van der Waals surface area contributed by atoms with Crippen molar-refractivity contribution in [1.29, 1.82) is 0 Å². The molecule has 1 N–H and O–H groups in total. The molecule has 2 saturated heterocycles. The number of aromatic nitrogens is 2. The number of nitrogens with zero attached hydrogens (tertiary/aromatic N) is 4. The topological polar surface area (TPSA) is 95.5 Å². The number of hydrogen-bond donors (Lipinski definition) is 1. The SMILES string of the molecule is CCC(C)(c1cc2nccc(-c3nc(C(F)(F)F)cc(C)c3C(=O)N3C[C@@H](C)[C@H](NC)C3)c2s1)N1C(=O)C2C(C1=O)C2(C)C. The molecule has 12 heteroatoms. The fourth-order valence-corrected chi connectivity index (χ4v) is 8.55. The van der Waals surface area contributed by atoms with Crippen molar-refractivity contribution in [3.8, 4) is 11.3 Å². The highest BCUT2D eigenvalue weighted by molar-refractivity contribution is 7.19. The Hall–Kier alpha value is -3.38. The summed E-state index contributed by atoms with van der Waals surface area (Å²) in [6.07, 6.45) is -2.79. The summed E-state index contributed by atoms with van der Waals surface area (Å²) in [7, 11) is 1.82. The van der Waals surface area contributed by atoms with E-state index in [4.69, 9.17) is 0 Å². The van der Waals surface area contributed by atoms with Gasteiger partial charge < -0.3 is 10.2 Å². The van der Waals surface area contributed by atoms with Gasteiger partial charge in [-0.05, 0) is 62.4 Å². The molecule has 1 aliphatic carbocycles. The van der Waals surface area contributed by atoms with E-state index in [9.17, 15) is 27.6 Å². The van der Waals surface area contributed by atoms with Gasteiger partial charge in [0.1, 0.15) is 5.69 Å². The number of hydrogen-bond acceptors (Lipinski definition) is 7. The molecule has 6 rings (SSSR count). The number of imide groups is 1. The molecule has 3 fully saturated rings. The Labute approximate surface area is 258 Å². The maximum Gasteiger partial charge on any atom is 0.433 e. The van der Waals surface area contributed by atoms with Crippen LogP contribution in [0.25, 0.3) is 21.5 Å². The van der Waals surface area contributed by atoms with Gasteiger partial charge in [0.15, 0.2) is 0 Å². The Bertz CT molecular complexity index is 1690. The van der Waals surface area contributed by atoms with Gasteiger partial charge in [-0.25, -0.2) is 4.98 Å². The lowest BCUT2D eigenvalue weighted by Crippen LogP contribution is -2.49. The van der Waals surface area contributed by atoms with E-state index < -0.39 is 17.4 Å². The van der Waals surface area contributed by atoms with Gasteiger partial charge >= 0.3 is 6.18 Å². The number of likely N-dealkylation sites (N-methyl/N-ethyl adjacent to an activating group) is 1. The first kappa shape index (κ1) is 30.6. The summed E-state index contributed by atoms with van der Waals surface area (Å²) in [5.41, 5.74) is -1.32. The number of carbonyl (C=O) groups is 3. The van der Waals surface area contributed by atoms with E-state index in [1.807, 2.05) is 41.7 Å². The van der Waals surface area contributed by atoms with E-state index in [1.165, 1.54) is 29.4 Å². The standard InChI is InChI=1S/C32H36F3N5O3S/c1-8-31(6,40-28(42)23-24(29(40)43)30(23,4)5)21-12-18-26(44-21)17(9-10-37-18)25-22(15(2)11-20(38-25)32(33,34)35)27(41)39-13-16(3)19(14-39)36-7/h9-12,16,19,23-24,36H,8,13-14H2,1-7H3/t16-,19-,23?,24?,31?/m1/s1. The molecule has 44 heavy (non-hydrogen) atoms. The third-order valence-electron chi connectivity index (χ3n) is 10.2. The molecule has 3 aromatic rings. The molecule has 2 aliphatic heterocycles. The average Bonchev–Trinajstić information content (AvgIpc) is 3.33. The fourth-order valence-electron chi connectivity index (χ4n) is 7.21. The van der Waals surface area contributed by atoms with Crippen LogP contribution in [0.15, 0.2) is 24.4 Å². The molecule has 0 radical (unpaired) electrons. The van der Waals surface area contributed by atoms with E-state index in [0.717, 1.165) is 6.07 Å². The number of amides is 3. The number of fused-ring (bicyclic) bond motifs is 2. The van der Waals surface area contributed by atoms with E-state index in [2.05, 4.69) is 15.3 Å². The number of aryl methyl sites for hydroxylation is 1. The summed E-state index contributed by atoms with van der Waals surface area (Å²) >= 11 is 1.27. The van der Waals surface area contributed by atoms with Crippen molar-refractivity contribution in [1.82, 2.24) is 25.1 Å². The van der Waals surface area contributed by atoms with E-state index in [0.29, 0.717) is 40.2 Å². The van der Waals surface area contributed by atoms with Crippen LogP contribution in [-0.2, 0) is 21.3 Å². The molecule has 234 valence electrons. The van der Waals surface area contributed by atoms with E-state index in [-0.39, 0.29) is 63.8 Å². The van der Waals surface area contributed by atoms with Crippen LogP contribution in [0.5, 0.6) is 0 Å². The summed E-state index contributed by atoms with van der Waals surface area (Å²) in [6.45, 7) is 12.0. The van der Waals surface area contributed by atoms with Gasteiger partial charge in [-0.1, -0.05) is 27.7 Å². The summed E-state index contributed by atoms with van der Waals surface area (Å²) in [5.74, 6) is -1.28. The number of thiophene rings is 1. The van der Waals surface area contributed by atoms with Gasteiger partial charge in [-0.15, -0.1) is 11.3 Å². The van der Waals surface area contributed by atoms with Crippen molar-refractivity contribution < 1.29 is 27.6 Å². The second-order valence-corrected chi connectivity index (χ2v) is 14.3. The first-order chi connectivity index (χ1) is 20.6. The molecular weight excluding hydrogens is 591 g/mol. The monoisotopic (exact) mass is 627 g/mol. The molecule has 3 unspecified atom stereocenters. The zero-order valence-electron chi connectivity index (χ0n) is 25.8. The highest BCUT2D eigenvalue weighted by Gasteiger charge is 2.74. The molecule has 0 bridgehead atoms. The highest BCUT2D eigenvalue weighted by Crippen LogP contribution is 2.65. The predicted octanol–water partition coefficient (Wildman–Crippen LogP) is 5.63. The number of likely N-dealkylation sites (tertiary alicyclic amines) is 2. The smallest absolute Gasteiger partial charge is 0.337 e. The minimum atomic E-state index is -4.72. The molecule has 5 atom stereocenters. The molecule has 3 amide bonds. The molecule has 1 saturated carbocycles. The van der Waals surface area contributed by atoms with Crippen LogP contribution >= 0.6 is 11.3 Å². The van der Waals surface area contributed by atoms with Crippen LogP contribution in [0, 0.1) is 30.1 Å². The molecule has 3 aromatic heterocycles. The van der Waals surface area contributed by atoms with Gasteiger partial charge in [0.05, 0.1) is 38.8 Å². The highest BCUT2D eigenvalue weighted by atomic mass is 32.1. The lowest BCUT2D eigenvalue weighted by atomic mass is 9.92. The molecular formula is C32H36F3N5O3S. The number of piperidine rings is 1. The Morgan fingerprint density at radius 3 is 2.39 bits per heavy atom. The van der Waals surface area contributed by atoms with Crippen LogP contribution in [0.4, 0.5) is 13.2 Å². The number of nitrogens with one attached hydrogen (secondary N) is 1. The number of rotatable bonds is 6. The summed E-state index contributed by atoms with van der Waals surface area (Å²) in [6, 6.07) is 4.37. The molecule has 0 spiro atoms. The van der Waals surface area contributed by atoms with E-state index >= 15 is 0 Å². The maximum atomic E-state index is 14.1. The predicted molar refractivity (Wildman–Crippen MR) is 161 cm³/mol. The maximum absolute atomic E-state index is 14.1. The lowest BCUT2D eigenvalue weighted by molar-refractivity contribution is -0.150. The van der Waals surface area contributed by atoms with Crippen LogP contribution in [0.3, 0.4) is 0 Å². The Balaban J connectivity index is 1.49. The summed E-state index contributed by atoms with van der Waals surface area (Å²) in [5, 5.41) is 3.21. The zero-order chi connectivity index (χ0) is 32.1. The molecule has 5 heterocycles. The van der Waals surface area contributed by atoms with Crippen molar-refractivity contribution in [2.24, 2.45) is 23.2 Å². The summed E-state index contributed by atoms with van der Waals surface area (Å²) < 4.78 is 42.7. The van der Waals surface area contributed by atoms with Crippen molar-refractivity contribution in [2.75, 3.05) is 20.1 Å². The second kappa shape index (κ2) is 10.1. The van der Waals surface area contributed by atoms with Crippen molar-refractivity contribution in [3.05, 3.63) is 46.1 Å². The Kier molecular flexibility index (Phi) is 7.01. The Morgan fingerprint density at radius 2 is 1.82 bits per heavy atom. The van der Waals surface area contributed by atoms with Gasteiger partial charge in [0.2, 0.25) is 11.8 Å². The largest absolute Gasteiger partial charge is 0.433 e. The quantitative estimate of drug-likeness (QED) is 0.356. The zero-order valence-corrected chi connectivity index (χ0v) is 26.6. The van der Waals surface area contributed by atoms with Crippen molar-refractivity contribution >= 4 is 39.3 Å². The molecule has 8 nitrogen and oxygen atoms in total. The van der Waals surface area contributed by atoms with Gasteiger partial charge in [0.25, 0.3) is 5.91 Å². The summed E-state index contributed by atoms with van der Waals surface area (Å²) in [4.78, 5) is 53.2. The first-order valence-corrected chi connectivity index (χ1v) is 15.7. The molecule has 3 aliphatic rings. The van der Waals surface area contributed by atoms with Crippen LogP contribution in [-0.4, -0.2) is 63.7 Å². The van der Waals surface area contributed by atoms with Crippen LogP contribution in [0.1, 0.15) is 67.5 Å². The lowest BCUT2D eigenvalue weighted by Gasteiger charge is -2.38. The second-order valence-electron chi connectivity index (χ2n) is 13.2. The van der Waals surface area contributed by atoms with Gasteiger partial charge in [-0.2, -0.15) is 13.2 Å². The van der Waals surface area contributed by atoms with Crippen LogP contribution in [0.2, 0.25) is 0 Å². The van der Waals surface area contributed by atoms with Gasteiger partial charge in [-0.3, -0.25) is 24.3 Å². The average molecular weight is 628 g/mol. The van der Waals surface area contributed by atoms with Crippen molar-refractivity contribution in [3.63, 3.8) is 0 Å². The number of alkyl halides is 3. The fraction of sp³-hybridized carbons (Fsp3) is 0.531. The first-order valence-electron chi connectivity index (χ1n) is 14.9. The molecule has 0 aromatic carbocycles. The normalized spacial score (nSPS) is 26.0. The van der Waals surface area contributed by atoms with Crippen molar-refractivity contribution in [2.45, 2.75) is 65.7 Å². The number of carbonyl (C=O) groups excluding carboxylic acids is 3. The minimum Gasteiger partial charge on any atom is -0.337 e. The van der Waals surface area contributed by atoms with Gasteiger partial charge in [0, 0.05) is 35.8 Å². The third kappa shape index (κ3) is 4.39. The number of halogens is 3. The third-order valence-corrected chi connectivity index (χ3v) is 11.6. The minimum absolute atomic E-state index is 0.0572. The van der Waals surface area contributed by atoms with Crippen LogP contribution < -0.4 is 5.32 Å².